The number of hydrogen-bond acceptors (Lipinski definition) is 3. The fourth-order valence-electron chi connectivity index (χ4n) is 3.70. The van der Waals surface area contributed by atoms with Crippen LogP contribution in [0.15, 0.2) is 24.3 Å². The Morgan fingerprint density at radius 3 is 3.00 bits per heavy atom. The normalized spacial score (nSPS) is 30.4. The van der Waals surface area contributed by atoms with Gasteiger partial charge in [0.05, 0.1) is 12.7 Å². The Kier molecular flexibility index (Phi) is 4.39. The molecule has 1 saturated heterocycles. The van der Waals surface area contributed by atoms with Crippen LogP contribution in [0.3, 0.4) is 0 Å². The Bertz CT molecular complexity index is 448. The van der Waals surface area contributed by atoms with Crippen molar-refractivity contribution in [3.05, 3.63) is 35.4 Å². The average Bonchev–Trinajstić information content (AvgIpc) is 2.83. The van der Waals surface area contributed by atoms with Gasteiger partial charge in [-0.1, -0.05) is 24.3 Å². The van der Waals surface area contributed by atoms with Gasteiger partial charge in [-0.25, -0.2) is 0 Å². The van der Waals surface area contributed by atoms with Gasteiger partial charge in [0.15, 0.2) is 0 Å². The molecule has 1 aliphatic carbocycles. The van der Waals surface area contributed by atoms with Crippen LogP contribution in [0, 0.1) is 5.92 Å². The standard InChI is InChI=1S/C17H25NO2/c1-2-20-12-13-6-5-9-18(11-13)16-10-14-7-3-4-8-15(14)17(16)19/h3-4,7-8,13,16-17,19H,2,5-6,9-12H2,1H3. The maximum Gasteiger partial charge on any atom is 0.0951 e. The lowest BCUT2D eigenvalue weighted by molar-refractivity contribution is 0.0116. The molecule has 3 nitrogen and oxygen atoms in total. The molecular weight excluding hydrogens is 250 g/mol. The summed E-state index contributed by atoms with van der Waals surface area (Å²) in [4.78, 5) is 2.48. The molecule has 20 heavy (non-hydrogen) atoms. The van der Waals surface area contributed by atoms with Crippen LogP contribution < -0.4 is 0 Å². The van der Waals surface area contributed by atoms with Gasteiger partial charge in [0.2, 0.25) is 0 Å². The van der Waals surface area contributed by atoms with Gasteiger partial charge in [-0.2, -0.15) is 0 Å². The molecule has 0 amide bonds. The van der Waals surface area contributed by atoms with E-state index in [4.69, 9.17) is 4.74 Å². The molecular formula is C17H25NO2. The molecule has 1 aliphatic heterocycles. The lowest BCUT2D eigenvalue weighted by Crippen LogP contribution is -2.45. The molecule has 0 radical (unpaired) electrons. The molecule has 3 unspecified atom stereocenters. The van der Waals surface area contributed by atoms with Gasteiger partial charge in [0.25, 0.3) is 0 Å². The number of hydrogen-bond donors (Lipinski definition) is 1. The van der Waals surface area contributed by atoms with E-state index >= 15 is 0 Å². The van der Waals surface area contributed by atoms with Crippen molar-refractivity contribution in [2.75, 3.05) is 26.3 Å². The van der Waals surface area contributed by atoms with Crippen molar-refractivity contribution in [2.45, 2.75) is 38.3 Å². The maximum atomic E-state index is 10.6. The second-order valence-corrected chi connectivity index (χ2v) is 6.08. The third-order valence-corrected chi connectivity index (χ3v) is 4.74. The molecule has 0 bridgehead atoms. The third-order valence-electron chi connectivity index (χ3n) is 4.74. The first kappa shape index (κ1) is 14.1. The van der Waals surface area contributed by atoms with Crippen molar-refractivity contribution in [3.63, 3.8) is 0 Å². The first-order valence-electron chi connectivity index (χ1n) is 7.87. The Labute approximate surface area is 121 Å². The molecule has 0 spiro atoms. The number of piperidine rings is 1. The summed E-state index contributed by atoms with van der Waals surface area (Å²) < 4.78 is 5.58. The summed E-state index contributed by atoms with van der Waals surface area (Å²) in [5.41, 5.74) is 2.45. The van der Waals surface area contributed by atoms with Gasteiger partial charge in [0.1, 0.15) is 0 Å². The number of nitrogens with zero attached hydrogens (tertiary/aromatic N) is 1. The van der Waals surface area contributed by atoms with E-state index in [0.717, 1.165) is 38.3 Å². The number of aliphatic hydroxyl groups is 1. The molecule has 1 aromatic carbocycles. The summed E-state index contributed by atoms with van der Waals surface area (Å²) in [5, 5.41) is 10.6. The van der Waals surface area contributed by atoms with E-state index in [1.807, 2.05) is 6.07 Å². The number of ether oxygens (including phenoxy) is 1. The van der Waals surface area contributed by atoms with Crippen LogP contribution in [0.4, 0.5) is 0 Å². The fraction of sp³-hybridized carbons (Fsp3) is 0.647. The lowest BCUT2D eigenvalue weighted by Gasteiger charge is -2.38. The predicted octanol–water partition coefficient (Wildman–Crippen LogP) is 2.39. The Morgan fingerprint density at radius 1 is 1.35 bits per heavy atom. The van der Waals surface area contributed by atoms with E-state index < -0.39 is 0 Å². The highest BCUT2D eigenvalue weighted by Gasteiger charge is 2.36. The zero-order valence-corrected chi connectivity index (χ0v) is 12.3. The third kappa shape index (κ3) is 2.76. The Morgan fingerprint density at radius 2 is 2.20 bits per heavy atom. The van der Waals surface area contributed by atoms with Crippen molar-refractivity contribution >= 4 is 0 Å². The quantitative estimate of drug-likeness (QED) is 0.916. The van der Waals surface area contributed by atoms with Crippen LogP contribution in [0.1, 0.15) is 37.0 Å². The summed E-state index contributed by atoms with van der Waals surface area (Å²) in [6.07, 6.45) is 3.14. The molecule has 3 atom stereocenters. The van der Waals surface area contributed by atoms with E-state index in [2.05, 4.69) is 30.0 Å². The minimum atomic E-state index is -0.322. The van der Waals surface area contributed by atoms with Gasteiger partial charge in [-0.15, -0.1) is 0 Å². The Balaban J connectivity index is 1.65. The van der Waals surface area contributed by atoms with Crippen LogP contribution in [0.5, 0.6) is 0 Å². The second kappa shape index (κ2) is 6.25. The van der Waals surface area contributed by atoms with Crippen molar-refractivity contribution in [2.24, 2.45) is 5.92 Å². The fourth-order valence-corrected chi connectivity index (χ4v) is 3.70. The van der Waals surface area contributed by atoms with E-state index in [1.165, 1.54) is 18.4 Å². The van der Waals surface area contributed by atoms with Gasteiger partial charge in [-0.05, 0) is 49.8 Å². The minimum Gasteiger partial charge on any atom is -0.387 e. The summed E-state index contributed by atoms with van der Waals surface area (Å²) in [7, 11) is 0. The first-order valence-corrected chi connectivity index (χ1v) is 7.87. The van der Waals surface area contributed by atoms with Crippen LogP contribution in [0.2, 0.25) is 0 Å². The predicted molar refractivity (Wildman–Crippen MR) is 79.7 cm³/mol. The van der Waals surface area contributed by atoms with Crippen molar-refractivity contribution < 1.29 is 9.84 Å². The van der Waals surface area contributed by atoms with Crippen molar-refractivity contribution in [3.8, 4) is 0 Å². The molecule has 3 rings (SSSR count). The highest BCUT2D eigenvalue weighted by molar-refractivity contribution is 5.35. The summed E-state index contributed by atoms with van der Waals surface area (Å²) in [6.45, 7) is 5.89. The molecule has 3 heteroatoms. The van der Waals surface area contributed by atoms with Crippen LogP contribution in [-0.4, -0.2) is 42.4 Å². The van der Waals surface area contributed by atoms with Gasteiger partial charge < -0.3 is 9.84 Å². The zero-order chi connectivity index (χ0) is 13.9. The summed E-state index contributed by atoms with van der Waals surface area (Å²) in [6, 6.07) is 8.58. The number of likely N-dealkylation sites (tertiary alicyclic amines) is 1. The van der Waals surface area contributed by atoms with Crippen molar-refractivity contribution in [1.82, 2.24) is 4.90 Å². The van der Waals surface area contributed by atoms with E-state index in [-0.39, 0.29) is 12.1 Å². The van der Waals surface area contributed by atoms with Gasteiger partial charge >= 0.3 is 0 Å². The Hall–Kier alpha value is -0.900. The smallest absolute Gasteiger partial charge is 0.0951 e. The SMILES string of the molecule is CCOCC1CCCN(C2Cc3ccccc3C2O)C1. The highest BCUT2D eigenvalue weighted by Crippen LogP contribution is 2.36. The zero-order valence-electron chi connectivity index (χ0n) is 12.3. The number of fused-ring (bicyclic) bond motifs is 1. The van der Waals surface area contributed by atoms with Gasteiger partial charge in [0, 0.05) is 19.2 Å². The molecule has 1 heterocycles. The maximum absolute atomic E-state index is 10.6. The van der Waals surface area contributed by atoms with Crippen molar-refractivity contribution in [1.29, 1.82) is 0 Å². The van der Waals surface area contributed by atoms with E-state index in [0.29, 0.717) is 5.92 Å². The molecule has 0 saturated carbocycles. The topological polar surface area (TPSA) is 32.7 Å². The number of benzene rings is 1. The number of rotatable bonds is 4. The molecule has 1 aromatic rings. The summed E-state index contributed by atoms with van der Waals surface area (Å²) in [5.74, 6) is 0.625. The largest absolute Gasteiger partial charge is 0.387 e. The van der Waals surface area contributed by atoms with E-state index in [1.54, 1.807) is 0 Å². The minimum absolute atomic E-state index is 0.261. The van der Waals surface area contributed by atoms with Gasteiger partial charge in [-0.3, -0.25) is 4.90 Å². The highest BCUT2D eigenvalue weighted by atomic mass is 16.5. The lowest BCUT2D eigenvalue weighted by atomic mass is 9.96. The van der Waals surface area contributed by atoms with Crippen LogP contribution in [-0.2, 0) is 11.2 Å². The summed E-state index contributed by atoms with van der Waals surface area (Å²) >= 11 is 0. The average molecular weight is 275 g/mol. The molecule has 2 aliphatic rings. The van der Waals surface area contributed by atoms with E-state index in [9.17, 15) is 5.11 Å². The van der Waals surface area contributed by atoms with Crippen LogP contribution in [0.25, 0.3) is 0 Å². The molecule has 1 fully saturated rings. The first-order chi connectivity index (χ1) is 9.79. The second-order valence-electron chi connectivity index (χ2n) is 6.08. The monoisotopic (exact) mass is 275 g/mol. The molecule has 0 aromatic heterocycles. The molecule has 1 N–H and O–H groups in total. The molecule has 110 valence electrons. The number of aliphatic hydroxyl groups excluding tert-OH is 1. The van der Waals surface area contributed by atoms with Crippen LogP contribution >= 0.6 is 0 Å².